The standard InChI is InChI=1S/C25H25N3O5/c1-14-7-8-17-16(13-14)25(24(33)26-17)21-20(18(27-25)9-10-19(29)30)22(31)28(23(21)32)12-11-15-5-3-2-4-6-15/h2-8,13,18,20-21,27H,9-12H2,1H3,(H,26,33)(H,29,30)/t18-,20+,21+,25-/m0/s1. The first-order valence-electron chi connectivity index (χ1n) is 11.1. The van der Waals surface area contributed by atoms with E-state index in [2.05, 4.69) is 10.6 Å². The number of aryl methyl sites for hydroxylation is 1. The molecule has 0 bridgehead atoms. The highest BCUT2D eigenvalue weighted by atomic mass is 16.4. The second-order valence-electron chi connectivity index (χ2n) is 9.06. The number of carbonyl (C=O) groups is 4. The fourth-order valence-corrected chi connectivity index (χ4v) is 5.61. The van der Waals surface area contributed by atoms with E-state index in [9.17, 15) is 24.3 Å². The normalized spacial score (nSPS) is 27.7. The molecule has 8 heteroatoms. The molecule has 0 aromatic heterocycles. The minimum Gasteiger partial charge on any atom is -0.481 e. The summed E-state index contributed by atoms with van der Waals surface area (Å²) in [6.07, 6.45) is 0.503. The highest BCUT2D eigenvalue weighted by molar-refractivity contribution is 6.15. The quantitative estimate of drug-likeness (QED) is 0.582. The molecule has 170 valence electrons. The second-order valence-corrected chi connectivity index (χ2v) is 9.06. The van der Waals surface area contributed by atoms with E-state index in [1.807, 2.05) is 49.4 Å². The molecule has 3 N–H and O–H groups in total. The average Bonchev–Trinajstić information content (AvgIpc) is 3.37. The maximum Gasteiger partial charge on any atom is 0.303 e. The summed E-state index contributed by atoms with van der Waals surface area (Å²) in [4.78, 5) is 53.0. The highest BCUT2D eigenvalue weighted by Crippen LogP contribution is 2.53. The van der Waals surface area contributed by atoms with Crippen molar-refractivity contribution in [3.8, 4) is 0 Å². The number of fused-ring (bicyclic) bond motifs is 4. The van der Waals surface area contributed by atoms with Crippen molar-refractivity contribution >= 4 is 29.4 Å². The minimum absolute atomic E-state index is 0.151. The van der Waals surface area contributed by atoms with Crippen LogP contribution in [0.25, 0.3) is 0 Å². The van der Waals surface area contributed by atoms with Gasteiger partial charge in [0.05, 0.1) is 11.8 Å². The van der Waals surface area contributed by atoms with Crippen LogP contribution in [0.2, 0.25) is 0 Å². The molecule has 2 aromatic carbocycles. The van der Waals surface area contributed by atoms with Gasteiger partial charge in [0.25, 0.3) is 0 Å². The Balaban J connectivity index is 1.53. The number of aliphatic carboxylic acids is 1. The Labute approximate surface area is 191 Å². The number of rotatable bonds is 6. The monoisotopic (exact) mass is 447 g/mol. The summed E-state index contributed by atoms with van der Waals surface area (Å²) in [6.45, 7) is 2.12. The van der Waals surface area contributed by atoms with Crippen molar-refractivity contribution in [2.45, 2.75) is 37.8 Å². The van der Waals surface area contributed by atoms with Crippen LogP contribution >= 0.6 is 0 Å². The van der Waals surface area contributed by atoms with Gasteiger partial charge in [0, 0.05) is 30.3 Å². The summed E-state index contributed by atoms with van der Waals surface area (Å²) in [5, 5.41) is 15.4. The number of likely N-dealkylation sites (tertiary alicyclic amines) is 1. The van der Waals surface area contributed by atoms with Crippen LogP contribution < -0.4 is 10.6 Å². The first-order valence-corrected chi connectivity index (χ1v) is 11.1. The Morgan fingerprint density at radius 1 is 1.09 bits per heavy atom. The van der Waals surface area contributed by atoms with Crippen LogP contribution in [0.3, 0.4) is 0 Å². The van der Waals surface area contributed by atoms with Crippen LogP contribution in [0.5, 0.6) is 0 Å². The van der Waals surface area contributed by atoms with Gasteiger partial charge in [0.1, 0.15) is 5.54 Å². The number of hydrogen-bond donors (Lipinski definition) is 3. The van der Waals surface area contributed by atoms with Crippen molar-refractivity contribution in [3.05, 3.63) is 65.2 Å². The van der Waals surface area contributed by atoms with E-state index in [4.69, 9.17) is 0 Å². The predicted molar refractivity (Wildman–Crippen MR) is 119 cm³/mol. The van der Waals surface area contributed by atoms with Crippen molar-refractivity contribution in [1.29, 1.82) is 0 Å². The first kappa shape index (κ1) is 21.3. The molecule has 0 saturated carbocycles. The number of nitrogens with zero attached hydrogens (tertiary/aromatic N) is 1. The molecular weight excluding hydrogens is 422 g/mol. The summed E-state index contributed by atoms with van der Waals surface area (Å²) in [6, 6.07) is 14.5. The van der Waals surface area contributed by atoms with Gasteiger partial charge in [-0.15, -0.1) is 0 Å². The lowest BCUT2D eigenvalue weighted by Gasteiger charge is -2.29. The first-order chi connectivity index (χ1) is 15.8. The van der Waals surface area contributed by atoms with Gasteiger partial charge in [0.2, 0.25) is 17.7 Å². The summed E-state index contributed by atoms with van der Waals surface area (Å²) in [5.41, 5.74) is 1.80. The minimum atomic E-state index is -1.39. The van der Waals surface area contributed by atoms with Gasteiger partial charge in [0.15, 0.2) is 0 Å². The summed E-state index contributed by atoms with van der Waals surface area (Å²) in [5.74, 6) is -3.78. The second kappa shape index (κ2) is 7.81. The van der Waals surface area contributed by atoms with Crippen LogP contribution in [0, 0.1) is 18.8 Å². The van der Waals surface area contributed by atoms with E-state index in [0.29, 0.717) is 17.7 Å². The number of amides is 3. The van der Waals surface area contributed by atoms with Gasteiger partial charge in [-0.25, -0.2) is 0 Å². The van der Waals surface area contributed by atoms with Crippen LogP contribution in [-0.4, -0.2) is 46.3 Å². The molecule has 2 saturated heterocycles. The predicted octanol–water partition coefficient (Wildman–Crippen LogP) is 1.82. The fraction of sp³-hybridized carbons (Fsp3) is 0.360. The number of carboxylic acids is 1. The molecule has 4 atom stereocenters. The van der Waals surface area contributed by atoms with Crippen molar-refractivity contribution < 1.29 is 24.3 Å². The summed E-state index contributed by atoms with van der Waals surface area (Å²) in [7, 11) is 0. The number of anilines is 1. The lowest BCUT2D eigenvalue weighted by atomic mass is 9.76. The van der Waals surface area contributed by atoms with Gasteiger partial charge in [-0.3, -0.25) is 29.4 Å². The number of imide groups is 1. The van der Waals surface area contributed by atoms with Crippen LogP contribution in [-0.2, 0) is 31.1 Å². The lowest BCUT2D eigenvalue weighted by Crippen LogP contribution is -2.53. The van der Waals surface area contributed by atoms with E-state index in [-0.39, 0.29) is 37.1 Å². The average molecular weight is 447 g/mol. The molecule has 3 amide bonds. The molecule has 3 aliphatic rings. The SMILES string of the molecule is Cc1ccc2c(c1)[C@@]1(N[C@@H](CCC(=O)O)[C@H]3C(=O)N(CCc4ccccc4)C(=O)[C@@H]31)C(=O)N2. The smallest absolute Gasteiger partial charge is 0.303 e. The van der Waals surface area contributed by atoms with Gasteiger partial charge in [-0.1, -0.05) is 48.0 Å². The van der Waals surface area contributed by atoms with E-state index in [1.54, 1.807) is 6.07 Å². The largest absolute Gasteiger partial charge is 0.481 e. The zero-order valence-corrected chi connectivity index (χ0v) is 18.2. The maximum absolute atomic E-state index is 13.7. The molecule has 8 nitrogen and oxygen atoms in total. The highest BCUT2D eigenvalue weighted by Gasteiger charge is 2.70. The Hall–Kier alpha value is -3.52. The van der Waals surface area contributed by atoms with Crippen molar-refractivity contribution in [2.75, 3.05) is 11.9 Å². The van der Waals surface area contributed by atoms with Crippen molar-refractivity contribution in [2.24, 2.45) is 11.8 Å². The van der Waals surface area contributed by atoms with Gasteiger partial charge in [-0.2, -0.15) is 0 Å². The summed E-state index contributed by atoms with van der Waals surface area (Å²) < 4.78 is 0. The molecule has 0 radical (unpaired) electrons. The molecule has 3 heterocycles. The van der Waals surface area contributed by atoms with Gasteiger partial charge in [-0.05, 0) is 31.4 Å². The van der Waals surface area contributed by atoms with Crippen LogP contribution in [0.15, 0.2) is 48.5 Å². The number of carbonyl (C=O) groups excluding carboxylic acids is 3. The fourth-order valence-electron chi connectivity index (χ4n) is 5.61. The molecule has 3 aliphatic heterocycles. The molecule has 2 aromatic rings. The molecular formula is C25H25N3O5. The number of carboxylic acid groups (broad SMARTS) is 1. The molecule has 0 unspecified atom stereocenters. The molecule has 33 heavy (non-hydrogen) atoms. The Bertz CT molecular complexity index is 1160. The zero-order chi connectivity index (χ0) is 23.3. The summed E-state index contributed by atoms with van der Waals surface area (Å²) >= 11 is 0. The third kappa shape index (κ3) is 3.24. The maximum atomic E-state index is 13.7. The number of benzene rings is 2. The zero-order valence-electron chi connectivity index (χ0n) is 18.2. The topological polar surface area (TPSA) is 116 Å². The van der Waals surface area contributed by atoms with E-state index < -0.39 is 29.4 Å². The third-order valence-electron chi connectivity index (χ3n) is 7.10. The Kier molecular flexibility index (Phi) is 5.05. The number of hydrogen-bond acceptors (Lipinski definition) is 5. The van der Waals surface area contributed by atoms with E-state index in [0.717, 1.165) is 11.1 Å². The lowest BCUT2D eigenvalue weighted by molar-refractivity contribution is -0.143. The van der Waals surface area contributed by atoms with Gasteiger partial charge < -0.3 is 10.4 Å². The van der Waals surface area contributed by atoms with E-state index >= 15 is 0 Å². The van der Waals surface area contributed by atoms with E-state index in [1.165, 1.54) is 4.90 Å². The van der Waals surface area contributed by atoms with Crippen molar-refractivity contribution in [1.82, 2.24) is 10.2 Å². The molecule has 5 rings (SSSR count). The number of nitrogens with one attached hydrogen (secondary N) is 2. The van der Waals surface area contributed by atoms with Gasteiger partial charge >= 0.3 is 5.97 Å². The molecule has 2 fully saturated rings. The molecule has 0 aliphatic carbocycles. The Morgan fingerprint density at radius 2 is 1.85 bits per heavy atom. The van der Waals surface area contributed by atoms with Crippen LogP contribution in [0.1, 0.15) is 29.5 Å². The van der Waals surface area contributed by atoms with Crippen LogP contribution in [0.4, 0.5) is 5.69 Å². The Morgan fingerprint density at radius 3 is 2.58 bits per heavy atom. The third-order valence-corrected chi connectivity index (χ3v) is 7.10. The van der Waals surface area contributed by atoms with Crippen molar-refractivity contribution in [3.63, 3.8) is 0 Å². The molecule has 1 spiro atoms.